The van der Waals surface area contributed by atoms with Crippen LogP contribution in [0.25, 0.3) is 0 Å². The summed E-state index contributed by atoms with van der Waals surface area (Å²) in [5.74, 6) is -0.180. The van der Waals surface area contributed by atoms with Crippen molar-refractivity contribution in [3.63, 3.8) is 0 Å². The summed E-state index contributed by atoms with van der Waals surface area (Å²) in [7, 11) is -3.66. The Morgan fingerprint density at radius 1 is 1.09 bits per heavy atom. The number of sulfonamides is 1. The Morgan fingerprint density at radius 3 is 2.43 bits per heavy atom. The molecule has 0 spiro atoms. The summed E-state index contributed by atoms with van der Waals surface area (Å²) in [4.78, 5) is 24.2. The van der Waals surface area contributed by atoms with E-state index in [9.17, 15) is 18.0 Å². The van der Waals surface area contributed by atoms with Gasteiger partial charge in [-0.25, -0.2) is 13.1 Å². The standard InChI is InChI=1S/C16H17NO4S2/c1-11(18)13-4-3-5-15(10-13)23(20,21)17-9-8-14-6-7-16(22-14)12(2)19/h3-7,10,17H,8-9H2,1-2H3. The highest BCUT2D eigenvalue weighted by Crippen LogP contribution is 2.17. The maximum Gasteiger partial charge on any atom is 0.240 e. The van der Waals surface area contributed by atoms with E-state index in [1.807, 2.05) is 6.07 Å². The van der Waals surface area contributed by atoms with Gasteiger partial charge in [0.05, 0.1) is 9.77 Å². The predicted molar refractivity (Wildman–Crippen MR) is 89.7 cm³/mol. The summed E-state index contributed by atoms with van der Waals surface area (Å²) in [6, 6.07) is 9.51. The summed E-state index contributed by atoms with van der Waals surface area (Å²) in [6.45, 7) is 3.12. The quantitative estimate of drug-likeness (QED) is 0.778. The van der Waals surface area contributed by atoms with Crippen LogP contribution < -0.4 is 4.72 Å². The normalized spacial score (nSPS) is 11.4. The minimum Gasteiger partial charge on any atom is -0.295 e. The van der Waals surface area contributed by atoms with E-state index in [1.54, 1.807) is 18.2 Å². The van der Waals surface area contributed by atoms with Gasteiger partial charge >= 0.3 is 0 Å². The van der Waals surface area contributed by atoms with Crippen molar-refractivity contribution >= 4 is 32.9 Å². The molecule has 0 bridgehead atoms. The fraction of sp³-hybridized carbons (Fsp3) is 0.250. The monoisotopic (exact) mass is 351 g/mol. The van der Waals surface area contributed by atoms with Crippen molar-refractivity contribution in [1.82, 2.24) is 4.72 Å². The largest absolute Gasteiger partial charge is 0.295 e. The van der Waals surface area contributed by atoms with Gasteiger partial charge in [0, 0.05) is 17.0 Å². The van der Waals surface area contributed by atoms with Crippen LogP contribution in [0.1, 0.15) is 38.8 Å². The third-order valence-electron chi connectivity index (χ3n) is 3.22. The molecule has 1 aromatic carbocycles. The summed E-state index contributed by atoms with van der Waals surface area (Å²) in [5.41, 5.74) is 0.359. The van der Waals surface area contributed by atoms with Gasteiger partial charge < -0.3 is 0 Å². The number of rotatable bonds is 7. The van der Waals surface area contributed by atoms with Gasteiger partial charge in [0.1, 0.15) is 0 Å². The van der Waals surface area contributed by atoms with Crippen LogP contribution in [0.3, 0.4) is 0 Å². The molecule has 0 amide bonds. The van der Waals surface area contributed by atoms with E-state index in [0.29, 0.717) is 16.9 Å². The lowest BCUT2D eigenvalue weighted by Crippen LogP contribution is -2.26. The van der Waals surface area contributed by atoms with Crippen molar-refractivity contribution in [2.45, 2.75) is 25.2 Å². The highest BCUT2D eigenvalue weighted by atomic mass is 32.2. The highest BCUT2D eigenvalue weighted by molar-refractivity contribution is 7.89. The summed E-state index contributed by atoms with van der Waals surface area (Å²) >= 11 is 1.36. The van der Waals surface area contributed by atoms with E-state index >= 15 is 0 Å². The number of thiophene rings is 1. The molecule has 2 rings (SSSR count). The lowest BCUT2D eigenvalue weighted by molar-refractivity contribution is 0.101. The molecule has 1 heterocycles. The predicted octanol–water partition coefficient (Wildman–Crippen LogP) is 2.67. The van der Waals surface area contributed by atoms with Crippen LogP contribution in [0.15, 0.2) is 41.3 Å². The van der Waals surface area contributed by atoms with Gasteiger partial charge in [0.15, 0.2) is 11.6 Å². The molecule has 1 aromatic heterocycles. The molecular weight excluding hydrogens is 334 g/mol. The second-order valence-corrected chi connectivity index (χ2v) is 7.99. The van der Waals surface area contributed by atoms with Crippen molar-refractivity contribution < 1.29 is 18.0 Å². The second-order valence-electron chi connectivity index (χ2n) is 5.05. The van der Waals surface area contributed by atoms with Gasteiger partial charge in [0.25, 0.3) is 0 Å². The smallest absolute Gasteiger partial charge is 0.240 e. The molecule has 0 unspecified atom stereocenters. The topological polar surface area (TPSA) is 80.3 Å². The van der Waals surface area contributed by atoms with Gasteiger partial charge in [-0.3, -0.25) is 9.59 Å². The fourth-order valence-corrected chi connectivity index (χ4v) is 3.96. The molecule has 0 aliphatic heterocycles. The molecule has 0 aliphatic rings. The van der Waals surface area contributed by atoms with Gasteiger partial charge in [-0.1, -0.05) is 12.1 Å². The molecule has 7 heteroatoms. The van der Waals surface area contributed by atoms with Crippen LogP contribution >= 0.6 is 11.3 Å². The number of hydrogen-bond acceptors (Lipinski definition) is 5. The Hall–Kier alpha value is -1.83. The Labute approximate surface area is 139 Å². The molecule has 2 aromatic rings. The molecule has 23 heavy (non-hydrogen) atoms. The highest BCUT2D eigenvalue weighted by Gasteiger charge is 2.15. The number of nitrogens with one attached hydrogen (secondary N) is 1. The van der Waals surface area contributed by atoms with E-state index in [-0.39, 0.29) is 23.0 Å². The first-order chi connectivity index (χ1) is 10.8. The van der Waals surface area contributed by atoms with Gasteiger partial charge in [-0.2, -0.15) is 0 Å². The molecule has 0 fully saturated rings. The number of ketones is 2. The molecule has 0 saturated carbocycles. The third kappa shape index (κ3) is 4.57. The lowest BCUT2D eigenvalue weighted by atomic mass is 10.2. The van der Waals surface area contributed by atoms with Crippen LogP contribution in [-0.2, 0) is 16.4 Å². The zero-order chi connectivity index (χ0) is 17.0. The van der Waals surface area contributed by atoms with Crippen molar-refractivity contribution in [2.24, 2.45) is 0 Å². The van der Waals surface area contributed by atoms with Gasteiger partial charge in [0.2, 0.25) is 10.0 Å². The Bertz CT molecular complexity index is 837. The second kappa shape index (κ2) is 7.16. The van der Waals surface area contributed by atoms with E-state index in [2.05, 4.69) is 4.72 Å². The first-order valence-corrected chi connectivity index (χ1v) is 9.30. The first kappa shape index (κ1) is 17.5. The van der Waals surface area contributed by atoms with Gasteiger partial charge in [-0.15, -0.1) is 11.3 Å². The van der Waals surface area contributed by atoms with Crippen LogP contribution in [-0.4, -0.2) is 26.5 Å². The summed E-state index contributed by atoms with van der Waals surface area (Å²) < 4.78 is 27.0. The van der Waals surface area contributed by atoms with Crippen LogP contribution in [0.2, 0.25) is 0 Å². The van der Waals surface area contributed by atoms with E-state index in [1.165, 1.54) is 37.3 Å². The van der Waals surface area contributed by atoms with Crippen LogP contribution in [0.5, 0.6) is 0 Å². The molecule has 0 aliphatic carbocycles. The third-order valence-corrected chi connectivity index (χ3v) is 5.93. The Kier molecular flexibility index (Phi) is 5.46. The fourth-order valence-electron chi connectivity index (χ4n) is 1.98. The minimum absolute atomic E-state index is 0.00267. The van der Waals surface area contributed by atoms with Crippen molar-refractivity contribution in [3.05, 3.63) is 51.7 Å². The van der Waals surface area contributed by atoms with Crippen molar-refractivity contribution in [2.75, 3.05) is 6.54 Å². The Morgan fingerprint density at radius 2 is 1.83 bits per heavy atom. The van der Waals surface area contributed by atoms with Gasteiger partial charge in [-0.05, 0) is 44.5 Å². The number of hydrogen-bond donors (Lipinski definition) is 1. The minimum atomic E-state index is -3.66. The van der Waals surface area contributed by atoms with E-state index < -0.39 is 10.0 Å². The number of carbonyl (C=O) groups is 2. The molecule has 0 radical (unpaired) electrons. The number of carbonyl (C=O) groups excluding carboxylic acids is 2. The van der Waals surface area contributed by atoms with Crippen LogP contribution in [0, 0.1) is 0 Å². The number of Topliss-reactive ketones (excluding diaryl/α,β-unsaturated/α-hetero) is 2. The molecule has 1 N–H and O–H groups in total. The molecular formula is C16H17NO4S2. The molecule has 0 saturated heterocycles. The van der Waals surface area contributed by atoms with E-state index in [4.69, 9.17) is 0 Å². The van der Waals surface area contributed by atoms with E-state index in [0.717, 1.165) is 4.88 Å². The molecule has 0 atom stereocenters. The average Bonchev–Trinajstić information content (AvgIpc) is 2.96. The zero-order valence-electron chi connectivity index (χ0n) is 12.8. The first-order valence-electron chi connectivity index (χ1n) is 7.00. The zero-order valence-corrected chi connectivity index (χ0v) is 14.5. The maximum atomic E-state index is 12.2. The molecule has 122 valence electrons. The lowest BCUT2D eigenvalue weighted by Gasteiger charge is -2.07. The van der Waals surface area contributed by atoms with Crippen molar-refractivity contribution in [1.29, 1.82) is 0 Å². The van der Waals surface area contributed by atoms with Crippen LogP contribution in [0.4, 0.5) is 0 Å². The summed E-state index contributed by atoms with van der Waals surface area (Å²) in [6.07, 6.45) is 0.504. The average molecular weight is 351 g/mol. The maximum absolute atomic E-state index is 12.2. The number of benzene rings is 1. The Balaban J connectivity index is 2.02. The SMILES string of the molecule is CC(=O)c1cccc(S(=O)(=O)NCCc2ccc(C(C)=O)s2)c1. The van der Waals surface area contributed by atoms with Crippen molar-refractivity contribution in [3.8, 4) is 0 Å². The summed E-state index contributed by atoms with van der Waals surface area (Å²) in [5, 5.41) is 0. The molecule has 5 nitrogen and oxygen atoms in total.